The largest absolute Gasteiger partial charge is 0.508 e. The number of carbonyl (C=O) groups excluding carboxylic acids is 1. The summed E-state index contributed by atoms with van der Waals surface area (Å²) in [5, 5.41) is 9.37. The summed E-state index contributed by atoms with van der Waals surface area (Å²) >= 11 is 0. The van der Waals surface area contributed by atoms with E-state index in [2.05, 4.69) is 9.80 Å². The molecule has 1 aromatic carbocycles. The fraction of sp³-hybridized carbons (Fsp3) is 0.389. The molecule has 0 radical (unpaired) electrons. The zero-order valence-electron chi connectivity index (χ0n) is 13.8. The number of hydrogen-bond donors (Lipinski definition) is 1. The Bertz CT molecular complexity index is 673. The second-order valence-corrected chi connectivity index (χ2v) is 5.76. The van der Waals surface area contributed by atoms with Crippen molar-refractivity contribution < 1.29 is 19.1 Å². The number of ether oxygens (including phenoxy) is 1. The van der Waals surface area contributed by atoms with Crippen LogP contribution in [-0.2, 0) is 11.3 Å². The molecule has 0 aliphatic carbocycles. The van der Waals surface area contributed by atoms with Gasteiger partial charge in [0.25, 0.3) is 0 Å². The van der Waals surface area contributed by atoms with Crippen LogP contribution >= 0.6 is 0 Å². The molecule has 128 valence electrons. The molecule has 1 aliphatic heterocycles. The SMILES string of the molecule is CCOC(=O)c1ccoc1CN1CCN(c2ccc(O)cc2)CC1. The maximum Gasteiger partial charge on any atom is 0.341 e. The fourth-order valence-corrected chi connectivity index (χ4v) is 2.88. The Morgan fingerprint density at radius 1 is 1.17 bits per heavy atom. The highest BCUT2D eigenvalue weighted by molar-refractivity contribution is 5.90. The minimum atomic E-state index is -0.330. The molecule has 0 spiro atoms. The van der Waals surface area contributed by atoms with Gasteiger partial charge in [0.15, 0.2) is 0 Å². The maximum absolute atomic E-state index is 11.9. The Morgan fingerprint density at radius 3 is 2.54 bits per heavy atom. The summed E-state index contributed by atoms with van der Waals surface area (Å²) in [5.74, 6) is 0.609. The van der Waals surface area contributed by atoms with Gasteiger partial charge in [-0.3, -0.25) is 4.90 Å². The first-order valence-electron chi connectivity index (χ1n) is 8.17. The summed E-state index contributed by atoms with van der Waals surface area (Å²) in [6.07, 6.45) is 1.54. The highest BCUT2D eigenvalue weighted by Gasteiger charge is 2.22. The molecule has 2 aromatic rings. The van der Waals surface area contributed by atoms with E-state index < -0.39 is 0 Å². The molecule has 6 nitrogen and oxygen atoms in total. The average molecular weight is 330 g/mol. The summed E-state index contributed by atoms with van der Waals surface area (Å²) < 4.78 is 10.5. The van der Waals surface area contributed by atoms with Crippen molar-refractivity contribution in [2.45, 2.75) is 13.5 Å². The lowest BCUT2D eigenvalue weighted by Crippen LogP contribution is -2.46. The lowest BCUT2D eigenvalue weighted by molar-refractivity contribution is 0.0522. The van der Waals surface area contributed by atoms with Gasteiger partial charge in [0.2, 0.25) is 0 Å². The van der Waals surface area contributed by atoms with E-state index in [-0.39, 0.29) is 11.7 Å². The molecular weight excluding hydrogens is 308 g/mol. The third-order valence-corrected chi connectivity index (χ3v) is 4.20. The van der Waals surface area contributed by atoms with Gasteiger partial charge in [-0.25, -0.2) is 4.79 Å². The molecule has 0 unspecified atom stereocenters. The number of phenols is 1. The van der Waals surface area contributed by atoms with E-state index in [0.717, 1.165) is 31.9 Å². The smallest absolute Gasteiger partial charge is 0.341 e. The number of hydrogen-bond acceptors (Lipinski definition) is 6. The fourth-order valence-electron chi connectivity index (χ4n) is 2.88. The number of benzene rings is 1. The van der Waals surface area contributed by atoms with Gasteiger partial charge >= 0.3 is 5.97 Å². The van der Waals surface area contributed by atoms with Crippen LogP contribution in [0.15, 0.2) is 41.0 Å². The summed E-state index contributed by atoms with van der Waals surface area (Å²) in [4.78, 5) is 16.4. The number of nitrogens with zero attached hydrogens (tertiary/aromatic N) is 2. The predicted molar refractivity (Wildman–Crippen MR) is 90.3 cm³/mol. The molecule has 1 N–H and O–H groups in total. The normalized spacial score (nSPS) is 15.5. The van der Waals surface area contributed by atoms with Crippen LogP contribution in [0.2, 0.25) is 0 Å². The minimum Gasteiger partial charge on any atom is -0.508 e. The number of rotatable bonds is 5. The topological polar surface area (TPSA) is 66.2 Å². The van der Waals surface area contributed by atoms with E-state index >= 15 is 0 Å². The first kappa shape index (κ1) is 16.4. The Morgan fingerprint density at radius 2 is 1.88 bits per heavy atom. The third-order valence-electron chi connectivity index (χ3n) is 4.20. The van der Waals surface area contributed by atoms with Gasteiger partial charge in [-0.2, -0.15) is 0 Å². The Kier molecular flexibility index (Phi) is 5.05. The van der Waals surface area contributed by atoms with Crippen molar-refractivity contribution in [2.75, 3.05) is 37.7 Å². The van der Waals surface area contributed by atoms with Crippen LogP contribution in [0.1, 0.15) is 23.0 Å². The molecule has 3 rings (SSSR count). The number of furan rings is 1. The summed E-state index contributed by atoms with van der Waals surface area (Å²) in [6, 6.07) is 8.93. The van der Waals surface area contributed by atoms with Gasteiger partial charge in [-0.1, -0.05) is 0 Å². The lowest BCUT2D eigenvalue weighted by atomic mass is 10.2. The van der Waals surface area contributed by atoms with E-state index in [1.165, 1.54) is 6.26 Å². The second kappa shape index (κ2) is 7.40. The Hall–Kier alpha value is -2.47. The van der Waals surface area contributed by atoms with E-state index in [1.807, 2.05) is 12.1 Å². The number of carbonyl (C=O) groups is 1. The van der Waals surface area contributed by atoms with E-state index in [0.29, 0.717) is 24.5 Å². The number of esters is 1. The maximum atomic E-state index is 11.9. The standard InChI is InChI=1S/C18H22N2O4/c1-2-23-18(22)16-7-12-24-17(16)13-19-8-10-20(11-9-19)14-3-5-15(21)6-4-14/h3-7,12,21H,2,8-11,13H2,1H3. The van der Waals surface area contributed by atoms with Crippen LogP contribution in [0.5, 0.6) is 5.75 Å². The number of piperazine rings is 1. The minimum absolute atomic E-state index is 0.279. The zero-order valence-corrected chi connectivity index (χ0v) is 13.8. The molecule has 1 saturated heterocycles. The number of aromatic hydroxyl groups is 1. The molecule has 1 aromatic heterocycles. The first-order chi connectivity index (χ1) is 11.7. The van der Waals surface area contributed by atoms with Gasteiger partial charge in [0.1, 0.15) is 17.1 Å². The number of phenolic OH excluding ortho intramolecular Hbond substituents is 1. The summed E-state index contributed by atoms with van der Waals surface area (Å²) in [6.45, 7) is 6.29. The predicted octanol–water partition coefficient (Wildman–Crippen LogP) is 2.48. The highest BCUT2D eigenvalue weighted by atomic mass is 16.5. The average Bonchev–Trinajstić information content (AvgIpc) is 3.05. The molecule has 24 heavy (non-hydrogen) atoms. The quantitative estimate of drug-likeness (QED) is 0.850. The first-order valence-corrected chi connectivity index (χ1v) is 8.17. The van der Waals surface area contributed by atoms with Crippen LogP contribution in [0.3, 0.4) is 0 Å². The van der Waals surface area contributed by atoms with Crippen molar-refractivity contribution in [3.8, 4) is 5.75 Å². The molecule has 6 heteroatoms. The van der Waals surface area contributed by atoms with Crippen molar-refractivity contribution in [3.63, 3.8) is 0 Å². The summed E-state index contributed by atoms with van der Waals surface area (Å²) in [7, 11) is 0. The Balaban J connectivity index is 1.57. The number of anilines is 1. The van der Waals surface area contributed by atoms with Crippen molar-refractivity contribution in [1.29, 1.82) is 0 Å². The monoisotopic (exact) mass is 330 g/mol. The van der Waals surface area contributed by atoms with Crippen molar-refractivity contribution >= 4 is 11.7 Å². The molecule has 0 bridgehead atoms. The molecule has 0 saturated carbocycles. The molecule has 0 atom stereocenters. The van der Waals surface area contributed by atoms with E-state index in [4.69, 9.17) is 9.15 Å². The van der Waals surface area contributed by atoms with Gasteiger partial charge in [0, 0.05) is 31.9 Å². The Labute approximate surface area is 141 Å². The van der Waals surface area contributed by atoms with Gasteiger partial charge in [-0.05, 0) is 37.3 Å². The lowest BCUT2D eigenvalue weighted by Gasteiger charge is -2.35. The molecule has 0 amide bonds. The molecular formula is C18H22N2O4. The van der Waals surface area contributed by atoms with Crippen LogP contribution in [0.4, 0.5) is 5.69 Å². The van der Waals surface area contributed by atoms with Crippen LogP contribution in [-0.4, -0.2) is 48.8 Å². The second-order valence-electron chi connectivity index (χ2n) is 5.76. The molecule has 1 fully saturated rings. The molecule has 1 aliphatic rings. The van der Waals surface area contributed by atoms with E-state index in [1.54, 1.807) is 25.1 Å². The molecule has 2 heterocycles. The highest BCUT2D eigenvalue weighted by Crippen LogP contribution is 2.21. The third kappa shape index (κ3) is 3.71. The van der Waals surface area contributed by atoms with Crippen molar-refractivity contribution in [2.24, 2.45) is 0 Å². The van der Waals surface area contributed by atoms with Gasteiger partial charge in [-0.15, -0.1) is 0 Å². The zero-order chi connectivity index (χ0) is 16.9. The van der Waals surface area contributed by atoms with Gasteiger partial charge in [0.05, 0.1) is 19.4 Å². The van der Waals surface area contributed by atoms with Crippen LogP contribution in [0, 0.1) is 0 Å². The van der Waals surface area contributed by atoms with E-state index in [9.17, 15) is 9.90 Å². The van der Waals surface area contributed by atoms with Crippen LogP contribution in [0.25, 0.3) is 0 Å². The van der Waals surface area contributed by atoms with Crippen LogP contribution < -0.4 is 4.90 Å². The summed E-state index contributed by atoms with van der Waals surface area (Å²) in [5.41, 5.74) is 1.62. The van der Waals surface area contributed by atoms with Crippen molar-refractivity contribution in [1.82, 2.24) is 4.90 Å². The van der Waals surface area contributed by atoms with Crippen molar-refractivity contribution in [3.05, 3.63) is 47.9 Å². The van der Waals surface area contributed by atoms with Gasteiger partial charge < -0.3 is 19.2 Å².